The molecule has 1 aromatic rings. The highest BCUT2D eigenvalue weighted by atomic mass is 16.5. The lowest BCUT2D eigenvalue weighted by atomic mass is 9.81. The fraction of sp³-hybridized carbons (Fsp3) is 0.591. The highest BCUT2D eigenvalue weighted by molar-refractivity contribution is 5.98. The van der Waals surface area contributed by atoms with Gasteiger partial charge in [0.2, 0.25) is 0 Å². The third kappa shape index (κ3) is 3.58. The molecule has 2 rings (SSSR count). The number of benzene rings is 1. The summed E-state index contributed by atoms with van der Waals surface area (Å²) in [5, 5.41) is 0. The number of carbonyl (C=O) groups is 1. The van der Waals surface area contributed by atoms with Crippen LogP contribution in [0.3, 0.4) is 0 Å². The van der Waals surface area contributed by atoms with Gasteiger partial charge in [0.1, 0.15) is 11.5 Å². The van der Waals surface area contributed by atoms with Crippen molar-refractivity contribution in [3.63, 3.8) is 0 Å². The predicted molar refractivity (Wildman–Crippen MR) is 101 cm³/mol. The van der Waals surface area contributed by atoms with E-state index < -0.39 is 0 Å². The molecule has 1 heterocycles. The Hall–Kier alpha value is -1.57. The monoisotopic (exact) mass is 328 g/mol. The Balaban J connectivity index is 2.63. The zero-order valence-corrected chi connectivity index (χ0v) is 16.5. The molecule has 0 saturated heterocycles. The number of rotatable bonds is 4. The van der Waals surface area contributed by atoms with Crippen LogP contribution in [0, 0.1) is 11.8 Å². The highest BCUT2D eigenvalue weighted by Gasteiger charge is 2.31. The average Bonchev–Trinajstić information content (AvgIpc) is 2.50. The van der Waals surface area contributed by atoms with Crippen LogP contribution in [0.25, 0.3) is 0 Å². The van der Waals surface area contributed by atoms with Crippen LogP contribution in [0.4, 0.5) is 0 Å². The van der Waals surface area contributed by atoms with Gasteiger partial charge in [-0.3, -0.25) is 4.79 Å². The van der Waals surface area contributed by atoms with Crippen molar-refractivity contribution in [2.45, 2.75) is 73.6 Å². The first-order chi connectivity index (χ1) is 11.1. The Kier molecular flexibility index (Phi) is 5.27. The molecule has 0 saturated carbocycles. The van der Waals surface area contributed by atoms with Crippen LogP contribution < -0.4 is 4.74 Å². The summed E-state index contributed by atoms with van der Waals surface area (Å²) in [7, 11) is 0. The lowest BCUT2D eigenvalue weighted by Crippen LogP contribution is -2.25. The fourth-order valence-electron chi connectivity index (χ4n) is 3.24. The number of fused-ring (bicyclic) bond motifs is 1. The Morgan fingerprint density at radius 1 is 1.17 bits per heavy atom. The molecule has 1 aromatic carbocycles. The summed E-state index contributed by atoms with van der Waals surface area (Å²) >= 11 is 0. The van der Waals surface area contributed by atoms with E-state index in [1.807, 2.05) is 13.8 Å². The van der Waals surface area contributed by atoms with Crippen molar-refractivity contribution in [2.75, 3.05) is 0 Å². The van der Waals surface area contributed by atoms with E-state index in [4.69, 9.17) is 4.74 Å². The zero-order valence-electron chi connectivity index (χ0n) is 16.5. The molecule has 0 bridgehead atoms. The first-order valence-corrected chi connectivity index (χ1v) is 9.17. The number of carbonyl (C=O) groups excluding carboxylic acids is 1. The van der Waals surface area contributed by atoms with E-state index in [1.165, 1.54) is 11.1 Å². The van der Waals surface area contributed by atoms with E-state index in [-0.39, 0.29) is 23.0 Å². The number of ether oxygens (including phenoxy) is 1. The van der Waals surface area contributed by atoms with Crippen LogP contribution in [0.5, 0.6) is 5.75 Å². The Labute approximate surface area is 147 Å². The SMILES string of the molecule is CCc1cc2c(c(C(C)(C)C)c1)OC(C(C)C)=C(C(=O)C(C)C)C2. The molecule has 0 radical (unpaired) electrons. The number of ketones is 1. The second-order valence-electron chi connectivity index (χ2n) is 8.53. The van der Waals surface area contributed by atoms with Crippen molar-refractivity contribution in [1.29, 1.82) is 0 Å². The van der Waals surface area contributed by atoms with Gasteiger partial charge in [-0.05, 0) is 23.0 Å². The maximum atomic E-state index is 12.7. The van der Waals surface area contributed by atoms with E-state index >= 15 is 0 Å². The van der Waals surface area contributed by atoms with E-state index in [1.54, 1.807) is 0 Å². The summed E-state index contributed by atoms with van der Waals surface area (Å²) in [6.07, 6.45) is 1.68. The van der Waals surface area contributed by atoms with Crippen LogP contribution in [-0.2, 0) is 23.1 Å². The van der Waals surface area contributed by atoms with Crippen LogP contribution in [0.1, 0.15) is 72.1 Å². The summed E-state index contributed by atoms with van der Waals surface area (Å²) in [5.41, 5.74) is 4.59. The van der Waals surface area contributed by atoms with Crippen molar-refractivity contribution >= 4 is 5.78 Å². The number of hydrogen-bond acceptors (Lipinski definition) is 2. The molecule has 2 nitrogen and oxygen atoms in total. The van der Waals surface area contributed by atoms with E-state index in [0.29, 0.717) is 6.42 Å². The minimum atomic E-state index is -0.00431. The molecule has 0 spiro atoms. The predicted octanol–water partition coefficient (Wildman–Crippen LogP) is 5.62. The molecule has 0 N–H and O–H groups in total. The van der Waals surface area contributed by atoms with Crippen LogP contribution >= 0.6 is 0 Å². The minimum Gasteiger partial charge on any atom is -0.460 e. The first-order valence-electron chi connectivity index (χ1n) is 9.17. The maximum absolute atomic E-state index is 12.7. The number of Topliss-reactive ketones (excluding diaryl/α,β-unsaturated/α-hetero) is 1. The van der Waals surface area contributed by atoms with Gasteiger partial charge in [0.15, 0.2) is 5.78 Å². The summed E-state index contributed by atoms with van der Waals surface area (Å²) in [6.45, 7) is 17.0. The third-order valence-electron chi connectivity index (χ3n) is 4.66. The maximum Gasteiger partial charge on any atom is 0.165 e. The summed E-state index contributed by atoms with van der Waals surface area (Å²) in [4.78, 5) is 12.7. The van der Waals surface area contributed by atoms with Crippen LogP contribution in [0.15, 0.2) is 23.5 Å². The van der Waals surface area contributed by atoms with Crippen molar-refractivity contribution in [3.05, 3.63) is 40.2 Å². The molecule has 24 heavy (non-hydrogen) atoms. The molecule has 0 amide bonds. The quantitative estimate of drug-likeness (QED) is 0.717. The lowest BCUT2D eigenvalue weighted by Gasteiger charge is -2.32. The van der Waals surface area contributed by atoms with Crippen molar-refractivity contribution in [1.82, 2.24) is 0 Å². The second kappa shape index (κ2) is 6.74. The third-order valence-corrected chi connectivity index (χ3v) is 4.66. The summed E-state index contributed by atoms with van der Waals surface area (Å²) < 4.78 is 6.39. The van der Waals surface area contributed by atoms with Gasteiger partial charge in [-0.1, -0.05) is 67.5 Å². The molecular formula is C22H32O2. The van der Waals surface area contributed by atoms with Crippen molar-refractivity contribution in [2.24, 2.45) is 11.8 Å². The molecule has 132 valence electrons. The topological polar surface area (TPSA) is 26.3 Å². The number of aryl methyl sites for hydroxylation is 1. The van der Waals surface area contributed by atoms with Gasteiger partial charge in [-0.25, -0.2) is 0 Å². The molecule has 0 aliphatic carbocycles. The molecule has 0 aromatic heterocycles. The van der Waals surface area contributed by atoms with E-state index in [0.717, 1.165) is 29.1 Å². The van der Waals surface area contributed by atoms with Gasteiger partial charge in [0, 0.05) is 29.4 Å². The molecule has 0 fully saturated rings. The van der Waals surface area contributed by atoms with Crippen molar-refractivity contribution < 1.29 is 9.53 Å². The smallest absolute Gasteiger partial charge is 0.165 e. The second-order valence-corrected chi connectivity index (χ2v) is 8.53. The molecule has 0 atom stereocenters. The number of hydrogen-bond donors (Lipinski definition) is 0. The van der Waals surface area contributed by atoms with Gasteiger partial charge >= 0.3 is 0 Å². The highest BCUT2D eigenvalue weighted by Crippen LogP contribution is 2.42. The molecule has 0 unspecified atom stereocenters. The average molecular weight is 328 g/mol. The Morgan fingerprint density at radius 2 is 1.79 bits per heavy atom. The normalized spacial score (nSPS) is 14.9. The van der Waals surface area contributed by atoms with E-state index in [2.05, 4.69) is 53.7 Å². The van der Waals surface area contributed by atoms with Crippen LogP contribution in [-0.4, -0.2) is 5.78 Å². The summed E-state index contributed by atoms with van der Waals surface area (Å²) in [5.74, 6) is 2.24. The van der Waals surface area contributed by atoms with Gasteiger partial charge in [0.05, 0.1) is 0 Å². The standard InChI is InChI=1S/C22H32O2/c1-9-15-10-16-12-17(19(23)13(2)3)20(14(4)5)24-21(16)18(11-15)22(6,7)8/h10-11,13-14H,9,12H2,1-8H3. The van der Waals surface area contributed by atoms with Crippen LogP contribution in [0.2, 0.25) is 0 Å². The van der Waals surface area contributed by atoms with Gasteiger partial charge < -0.3 is 4.74 Å². The van der Waals surface area contributed by atoms with E-state index in [9.17, 15) is 4.79 Å². The Morgan fingerprint density at radius 3 is 2.25 bits per heavy atom. The molecule has 2 heteroatoms. The first kappa shape index (κ1) is 18.8. The Bertz CT molecular complexity index is 670. The largest absolute Gasteiger partial charge is 0.460 e. The molecule has 1 aliphatic rings. The summed E-state index contributed by atoms with van der Waals surface area (Å²) in [6, 6.07) is 4.49. The minimum absolute atomic E-state index is 0.00431. The van der Waals surface area contributed by atoms with Crippen molar-refractivity contribution in [3.8, 4) is 5.75 Å². The van der Waals surface area contributed by atoms with Gasteiger partial charge in [-0.2, -0.15) is 0 Å². The van der Waals surface area contributed by atoms with Gasteiger partial charge in [0.25, 0.3) is 0 Å². The lowest BCUT2D eigenvalue weighted by molar-refractivity contribution is -0.118. The number of allylic oxidation sites excluding steroid dienone is 2. The molecular weight excluding hydrogens is 296 g/mol. The van der Waals surface area contributed by atoms with Gasteiger partial charge in [-0.15, -0.1) is 0 Å². The molecule has 1 aliphatic heterocycles. The zero-order chi connectivity index (χ0) is 18.2. The fourth-order valence-corrected chi connectivity index (χ4v) is 3.24.